The van der Waals surface area contributed by atoms with E-state index in [2.05, 4.69) is 5.32 Å². The average molecular weight is 240 g/mol. The molecule has 94 valence electrons. The van der Waals surface area contributed by atoms with Gasteiger partial charge in [0.15, 0.2) is 0 Å². The molecular formula is C12H17FN2O2. The summed E-state index contributed by atoms with van der Waals surface area (Å²) < 4.78 is 18.3. The van der Waals surface area contributed by atoms with Crippen LogP contribution in [-0.2, 0) is 4.74 Å². The molecule has 5 heteroatoms. The van der Waals surface area contributed by atoms with Crippen molar-refractivity contribution in [2.45, 2.75) is 20.0 Å². The van der Waals surface area contributed by atoms with Crippen molar-refractivity contribution in [3.63, 3.8) is 0 Å². The van der Waals surface area contributed by atoms with Gasteiger partial charge >= 0.3 is 0 Å². The summed E-state index contributed by atoms with van der Waals surface area (Å²) in [7, 11) is 0. The zero-order chi connectivity index (χ0) is 12.8. The number of carbonyl (C=O) groups is 1. The Kier molecular flexibility index (Phi) is 4.90. The second-order valence-corrected chi connectivity index (χ2v) is 3.75. The molecule has 1 unspecified atom stereocenters. The maximum Gasteiger partial charge on any atom is 0.251 e. The summed E-state index contributed by atoms with van der Waals surface area (Å²) in [6, 6.07) is 3.75. The lowest BCUT2D eigenvalue weighted by Crippen LogP contribution is -2.32. The van der Waals surface area contributed by atoms with E-state index in [0.717, 1.165) is 6.07 Å². The first kappa shape index (κ1) is 13.4. The number of benzene rings is 1. The van der Waals surface area contributed by atoms with E-state index in [1.807, 2.05) is 13.8 Å². The molecule has 0 aromatic heterocycles. The van der Waals surface area contributed by atoms with Gasteiger partial charge in [-0.1, -0.05) is 0 Å². The van der Waals surface area contributed by atoms with Gasteiger partial charge in [-0.25, -0.2) is 4.39 Å². The molecule has 0 heterocycles. The van der Waals surface area contributed by atoms with E-state index in [0.29, 0.717) is 13.2 Å². The van der Waals surface area contributed by atoms with E-state index in [1.165, 1.54) is 12.1 Å². The average Bonchev–Trinajstić information content (AvgIpc) is 2.25. The quantitative estimate of drug-likeness (QED) is 0.768. The van der Waals surface area contributed by atoms with E-state index >= 15 is 0 Å². The van der Waals surface area contributed by atoms with Gasteiger partial charge in [-0.05, 0) is 32.0 Å². The zero-order valence-corrected chi connectivity index (χ0v) is 10.00. The fourth-order valence-corrected chi connectivity index (χ4v) is 1.43. The molecule has 1 atom stereocenters. The van der Waals surface area contributed by atoms with Crippen LogP contribution in [-0.4, -0.2) is 25.2 Å². The molecule has 0 radical (unpaired) electrons. The molecule has 0 saturated carbocycles. The van der Waals surface area contributed by atoms with Gasteiger partial charge in [-0.2, -0.15) is 0 Å². The van der Waals surface area contributed by atoms with Crippen molar-refractivity contribution in [2.75, 3.05) is 18.9 Å². The van der Waals surface area contributed by atoms with Crippen molar-refractivity contribution < 1.29 is 13.9 Å². The number of rotatable bonds is 5. The predicted molar refractivity (Wildman–Crippen MR) is 64.2 cm³/mol. The third kappa shape index (κ3) is 4.40. The summed E-state index contributed by atoms with van der Waals surface area (Å²) in [6.45, 7) is 4.70. The second kappa shape index (κ2) is 6.20. The minimum Gasteiger partial charge on any atom is -0.399 e. The van der Waals surface area contributed by atoms with Gasteiger partial charge in [0, 0.05) is 24.4 Å². The van der Waals surface area contributed by atoms with Crippen LogP contribution in [0.5, 0.6) is 0 Å². The number of nitrogens with one attached hydrogen (secondary N) is 1. The Balaban J connectivity index is 2.58. The van der Waals surface area contributed by atoms with Crippen molar-refractivity contribution in [1.82, 2.24) is 5.32 Å². The topological polar surface area (TPSA) is 64.3 Å². The minimum absolute atomic E-state index is 0.0742. The highest BCUT2D eigenvalue weighted by Crippen LogP contribution is 2.10. The Morgan fingerprint density at radius 3 is 2.82 bits per heavy atom. The van der Waals surface area contributed by atoms with Crippen LogP contribution >= 0.6 is 0 Å². The van der Waals surface area contributed by atoms with E-state index in [4.69, 9.17) is 10.5 Å². The van der Waals surface area contributed by atoms with Gasteiger partial charge in [0.1, 0.15) is 5.82 Å². The van der Waals surface area contributed by atoms with Crippen LogP contribution in [0.15, 0.2) is 18.2 Å². The first-order valence-electron chi connectivity index (χ1n) is 5.48. The lowest BCUT2D eigenvalue weighted by atomic mass is 10.2. The lowest BCUT2D eigenvalue weighted by Gasteiger charge is -2.12. The number of amides is 1. The number of anilines is 1. The molecule has 0 aliphatic rings. The fourth-order valence-electron chi connectivity index (χ4n) is 1.43. The Hall–Kier alpha value is -1.62. The Morgan fingerprint density at radius 1 is 1.53 bits per heavy atom. The number of hydrogen-bond acceptors (Lipinski definition) is 3. The van der Waals surface area contributed by atoms with Crippen LogP contribution in [0.2, 0.25) is 0 Å². The highest BCUT2D eigenvalue weighted by molar-refractivity contribution is 5.95. The first-order chi connectivity index (χ1) is 8.02. The Morgan fingerprint density at radius 2 is 2.24 bits per heavy atom. The highest BCUT2D eigenvalue weighted by atomic mass is 19.1. The molecule has 4 nitrogen and oxygen atoms in total. The van der Waals surface area contributed by atoms with Crippen molar-refractivity contribution in [2.24, 2.45) is 0 Å². The summed E-state index contributed by atoms with van der Waals surface area (Å²) in [6.07, 6.45) is -0.0742. The molecule has 0 saturated heterocycles. The van der Waals surface area contributed by atoms with Crippen molar-refractivity contribution in [3.05, 3.63) is 29.6 Å². The molecule has 0 fully saturated rings. The highest BCUT2D eigenvalue weighted by Gasteiger charge is 2.09. The van der Waals surface area contributed by atoms with Crippen LogP contribution in [0.1, 0.15) is 24.2 Å². The van der Waals surface area contributed by atoms with Crippen LogP contribution in [0, 0.1) is 5.82 Å². The molecule has 0 aliphatic heterocycles. The first-order valence-corrected chi connectivity index (χ1v) is 5.48. The van der Waals surface area contributed by atoms with Gasteiger partial charge < -0.3 is 15.8 Å². The van der Waals surface area contributed by atoms with Crippen LogP contribution in [0.3, 0.4) is 0 Å². The van der Waals surface area contributed by atoms with Crippen LogP contribution < -0.4 is 11.1 Å². The Labute approximate surface area is 100.0 Å². The second-order valence-electron chi connectivity index (χ2n) is 3.75. The number of halogens is 1. The summed E-state index contributed by atoms with van der Waals surface area (Å²) in [5.41, 5.74) is 5.90. The normalized spacial score (nSPS) is 12.2. The molecule has 1 aromatic carbocycles. The van der Waals surface area contributed by atoms with E-state index in [9.17, 15) is 9.18 Å². The zero-order valence-electron chi connectivity index (χ0n) is 10.00. The van der Waals surface area contributed by atoms with E-state index in [-0.39, 0.29) is 23.3 Å². The van der Waals surface area contributed by atoms with Crippen LogP contribution in [0.4, 0.5) is 10.1 Å². The summed E-state index contributed by atoms with van der Waals surface area (Å²) in [5.74, 6) is -0.879. The van der Waals surface area contributed by atoms with Crippen molar-refractivity contribution in [3.8, 4) is 0 Å². The minimum atomic E-state index is -0.520. The molecule has 1 amide bonds. The largest absolute Gasteiger partial charge is 0.399 e. The summed E-state index contributed by atoms with van der Waals surface area (Å²) in [5, 5.41) is 2.65. The van der Waals surface area contributed by atoms with Crippen molar-refractivity contribution >= 4 is 11.6 Å². The lowest BCUT2D eigenvalue weighted by molar-refractivity contribution is 0.0695. The molecular weight excluding hydrogens is 223 g/mol. The number of carbonyl (C=O) groups excluding carboxylic acids is 1. The molecule has 1 aromatic rings. The third-order valence-corrected chi connectivity index (χ3v) is 2.18. The summed E-state index contributed by atoms with van der Waals surface area (Å²) >= 11 is 0. The predicted octanol–water partition coefficient (Wildman–Crippen LogP) is 1.56. The SMILES string of the molecule is CCOC(C)CNC(=O)c1cc(N)cc(F)c1. The molecule has 17 heavy (non-hydrogen) atoms. The third-order valence-electron chi connectivity index (χ3n) is 2.18. The Bertz CT molecular complexity index is 376. The molecule has 1 rings (SSSR count). The molecule has 0 aliphatic carbocycles. The smallest absolute Gasteiger partial charge is 0.251 e. The number of hydrogen-bond donors (Lipinski definition) is 2. The standard InChI is InChI=1S/C12H17FN2O2/c1-3-17-8(2)7-15-12(16)9-4-10(13)6-11(14)5-9/h4-6,8H,3,7,14H2,1-2H3,(H,15,16). The molecule has 0 bridgehead atoms. The maximum absolute atomic E-state index is 13.0. The van der Waals surface area contributed by atoms with Gasteiger partial charge in [0.2, 0.25) is 0 Å². The monoisotopic (exact) mass is 240 g/mol. The van der Waals surface area contributed by atoms with Gasteiger partial charge in [-0.15, -0.1) is 0 Å². The van der Waals surface area contributed by atoms with Gasteiger partial charge in [-0.3, -0.25) is 4.79 Å². The number of nitrogens with two attached hydrogens (primary N) is 1. The fraction of sp³-hybridized carbons (Fsp3) is 0.417. The summed E-state index contributed by atoms with van der Waals surface area (Å²) in [4.78, 5) is 11.7. The van der Waals surface area contributed by atoms with Crippen molar-refractivity contribution in [1.29, 1.82) is 0 Å². The number of nitrogen functional groups attached to an aromatic ring is 1. The van der Waals surface area contributed by atoms with Gasteiger partial charge in [0.25, 0.3) is 5.91 Å². The van der Waals surface area contributed by atoms with Crippen LogP contribution in [0.25, 0.3) is 0 Å². The van der Waals surface area contributed by atoms with E-state index in [1.54, 1.807) is 0 Å². The maximum atomic E-state index is 13.0. The molecule has 0 spiro atoms. The number of ether oxygens (including phenoxy) is 1. The molecule has 3 N–H and O–H groups in total. The van der Waals surface area contributed by atoms with Gasteiger partial charge in [0.05, 0.1) is 6.10 Å². The van der Waals surface area contributed by atoms with E-state index < -0.39 is 5.82 Å².